The van der Waals surface area contributed by atoms with Gasteiger partial charge in [-0.2, -0.15) is 0 Å². The molecular weight excluding hydrogens is 556 g/mol. The Balaban J connectivity index is 1.76. The molecule has 238 valence electrons. The average Bonchev–Trinajstić information content (AvgIpc) is 3.03. The van der Waals surface area contributed by atoms with Crippen molar-refractivity contribution < 1.29 is 38.2 Å². The third kappa shape index (κ3) is 10.9. The molecule has 12 heteroatoms. The first kappa shape index (κ1) is 34.0. The van der Waals surface area contributed by atoms with Gasteiger partial charge < -0.3 is 35.1 Å². The summed E-state index contributed by atoms with van der Waals surface area (Å²) >= 11 is 0. The number of hydrogen-bond donors (Lipinski definition) is 3. The van der Waals surface area contributed by atoms with Crippen molar-refractivity contribution in [2.24, 2.45) is 11.8 Å². The van der Waals surface area contributed by atoms with Crippen LogP contribution >= 0.6 is 0 Å². The van der Waals surface area contributed by atoms with Crippen molar-refractivity contribution in [2.45, 2.75) is 77.1 Å². The number of carbonyl (C=O) groups excluding carboxylic acids is 5. The van der Waals surface area contributed by atoms with E-state index in [-0.39, 0.29) is 31.1 Å². The molecule has 0 aromatic heterocycles. The van der Waals surface area contributed by atoms with Gasteiger partial charge in [0.15, 0.2) is 0 Å². The fourth-order valence-electron chi connectivity index (χ4n) is 5.31. The number of benzene rings is 1. The molecule has 1 heterocycles. The largest absolute Gasteiger partial charge is 0.467 e. The van der Waals surface area contributed by atoms with Gasteiger partial charge in [-0.05, 0) is 23.8 Å². The molecule has 3 rings (SSSR count). The number of hydrogen-bond acceptors (Lipinski definition) is 8. The highest BCUT2D eigenvalue weighted by molar-refractivity contribution is 6.38. The standard InChI is InChI=1S/C31H46N4O8/c1-21(2)26(30(39)41-3)34-29(38)27(36)25(20-43-19-23-12-8-5-9-13-23)32-28(37)24(18-22-10-6-4-7-11-22)33-31(40)35-14-16-42-17-15-35/h5,8-9,12-13,21-22,24-26H,4,6-7,10-11,14-20H2,1-3H3,(H,32,37)(H,33,40)(H,34,38)/t24-,25?,26?/m1/s1. The average molecular weight is 603 g/mol. The SMILES string of the molecule is COC(=O)C(NC(=O)C(=O)C(COCc1ccccc1)NC(=O)[C@@H](CC1CCCCC1)NC(=O)N1CCOCC1)C(C)C. The Morgan fingerprint density at radius 2 is 1.60 bits per heavy atom. The minimum atomic E-state index is -1.35. The molecule has 3 atom stereocenters. The highest BCUT2D eigenvalue weighted by atomic mass is 16.5. The third-order valence-electron chi connectivity index (χ3n) is 7.87. The van der Waals surface area contributed by atoms with Crippen LogP contribution in [0.3, 0.4) is 0 Å². The van der Waals surface area contributed by atoms with Gasteiger partial charge in [0.05, 0.1) is 33.5 Å². The second kappa shape index (κ2) is 17.6. The number of ether oxygens (including phenoxy) is 3. The fourth-order valence-corrected chi connectivity index (χ4v) is 5.31. The quantitative estimate of drug-likeness (QED) is 0.216. The zero-order valence-corrected chi connectivity index (χ0v) is 25.5. The first-order valence-electron chi connectivity index (χ1n) is 15.2. The molecule has 1 aromatic rings. The summed E-state index contributed by atoms with van der Waals surface area (Å²) in [7, 11) is 1.20. The van der Waals surface area contributed by atoms with E-state index in [4.69, 9.17) is 14.2 Å². The van der Waals surface area contributed by atoms with E-state index in [1.54, 1.807) is 18.7 Å². The smallest absolute Gasteiger partial charge is 0.328 e. The lowest BCUT2D eigenvalue weighted by atomic mass is 9.84. The van der Waals surface area contributed by atoms with Crippen molar-refractivity contribution in [2.75, 3.05) is 40.0 Å². The first-order chi connectivity index (χ1) is 20.7. The highest BCUT2D eigenvalue weighted by Crippen LogP contribution is 2.27. The molecule has 4 amide bonds. The van der Waals surface area contributed by atoms with Crippen molar-refractivity contribution in [1.82, 2.24) is 20.9 Å². The molecule has 2 unspecified atom stereocenters. The Morgan fingerprint density at radius 1 is 0.930 bits per heavy atom. The molecule has 0 spiro atoms. The van der Waals surface area contributed by atoms with Crippen molar-refractivity contribution in [3.8, 4) is 0 Å². The van der Waals surface area contributed by atoms with Gasteiger partial charge in [-0.3, -0.25) is 14.4 Å². The number of ketones is 1. The van der Waals surface area contributed by atoms with Gasteiger partial charge in [0.2, 0.25) is 11.7 Å². The van der Waals surface area contributed by atoms with Crippen LogP contribution in [0.1, 0.15) is 57.9 Å². The summed E-state index contributed by atoms with van der Waals surface area (Å²) in [5.74, 6) is -3.37. The zero-order chi connectivity index (χ0) is 31.2. The lowest BCUT2D eigenvalue weighted by Crippen LogP contribution is -2.58. The molecule has 2 fully saturated rings. The Bertz CT molecular complexity index is 1070. The summed E-state index contributed by atoms with van der Waals surface area (Å²) < 4.78 is 15.9. The number of amides is 4. The summed E-state index contributed by atoms with van der Waals surface area (Å²) in [5, 5.41) is 7.98. The molecular formula is C31H46N4O8. The van der Waals surface area contributed by atoms with Crippen LogP contribution in [0.15, 0.2) is 30.3 Å². The Morgan fingerprint density at radius 3 is 2.23 bits per heavy atom. The summed E-state index contributed by atoms with van der Waals surface area (Å²) in [4.78, 5) is 67.0. The van der Waals surface area contributed by atoms with Crippen LogP contribution in [0.5, 0.6) is 0 Å². The van der Waals surface area contributed by atoms with E-state index in [1.165, 1.54) is 7.11 Å². The molecule has 12 nitrogen and oxygen atoms in total. The van der Waals surface area contributed by atoms with E-state index in [9.17, 15) is 24.0 Å². The topological polar surface area (TPSA) is 152 Å². The molecule has 3 N–H and O–H groups in total. The van der Waals surface area contributed by atoms with Gasteiger partial charge >= 0.3 is 12.0 Å². The normalized spacial score (nSPS) is 17.8. The molecule has 1 saturated heterocycles. The number of carbonyl (C=O) groups is 5. The molecule has 1 saturated carbocycles. The van der Waals surface area contributed by atoms with E-state index < -0.39 is 41.7 Å². The van der Waals surface area contributed by atoms with E-state index in [2.05, 4.69) is 16.0 Å². The van der Waals surface area contributed by atoms with Crippen molar-refractivity contribution in [3.63, 3.8) is 0 Å². The Hall–Kier alpha value is -3.51. The van der Waals surface area contributed by atoms with Crippen LogP contribution in [0.4, 0.5) is 4.79 Å². The molecule has 43 heavy (non-hydrogen) atoms. The lowest BCUT2D eigenvalue weighted by Gasteiger charge is -2.31. The predicted molar refractivity (Wildman–Crippen MR) is 158 cm³/mol. The van der Waals surface area contributed by atoms with Crippen LogP contribution in [-0.2, 0) is 40.0 Å². The lowest BCUT2D eigenvalue weighted by molar-refractivity contribution is -0.148. The van der Waals surface area contributed by atoms with Crippen molar-refractivity contribution >= 4 is 29.6 Å². The van der Waals surface area contributed by atoms with Gasteiger partial charge in [-0.25, -0.2) is 9.59 Å². The second-order valence-electron chi connectivity index (χ2n) is 11.5. The van der Waals surface area contributed by atoms with E-state index >= 15 is 0 Å². The van der Waals surface area contributed by atoms with Crippen LogP contribution in [0.25, 0.3) is 0 Å². The maximum absolute atomic E-state index is 13.7. The first-order valence-corrected chi connectivity index (χ1v) is 15.2. The fraction of sp³-hybridized carbons (Fsp3) is 0.645. The minimum Gasteiger partial charge on any atom is -0.467 e. The van der Waals surface area contributed by atoms with Crippen LogP contribution < -0.4 is 16.0 Å². The van der Waals surface area contributed by atoms with E-state index in [1.807, 2.05) is 30.3 Å². The van der Waals surface area contributed by atoms with Gasteiger partial charge in [-0.1, -0.05) is 76.3 Å². The van der Waals surface area contributed by atoms with Gasteiger partial charge in [0.1, 0.15) is 18.1 Å². The van der Waals surface area contributed by atoms with Crippen LogP contribution in [0.2, 0.25) is 0 Å². The number of methoxy groups -OCH3 is 1. The number of nitrogens with zero attached hydrogens (tertiary/aromatic N) is 1. The highest BCUT2D eigenvalue weighted by Gasteiger charge is 2.35. The van der Waals surface area contributed by atoms with Crippen LogP contribution in [-0.4, -0.2) is 92.6 Å². The Kier molecular flexibility index (Phi) is 13.9. The molecule has 0 bridgehead atoms. The number of morpholine rings is 1. The molecule has 0 radical (unpaired) electrons. The summed E-state index contributed by atoms with van der Waals surface area (Å²) in [6.45, 7) is 4.94. The van der Waals surface area contributed by atoms with Crippen molar-refractivity contribution in [3.05, 3.63) is 35.9 Å². The van der Waals surface area contributed by atoms with Gasteiger partial charge in [0, 0.05) is 13.1 Å². The minimum absolute atomic E-state index is 0.151. The summed E-state index contributed by atoms with van der Waals surface area (Å²) in [6, 6.07) is 5.59. The number of nitrogens with one attached hydrogen (secondary N) is 3. The molecule has 2 aliphatic rings. The third-order valence-corrected chi connectivity index (χ3v) is 7.87. The van der Waals surface area contributed by atoms with Gasteiger partial charge in [0.25, 0.3) is 5.91 Å². The maximum atomic E-state index is 13.7. The molecule has 1 aliphatic heterocycles. The Labute approximate surface area is 253 Å². The van der Waals surface area contributed by atoms with E-state index in [0.717, 1.165) is 37.7 Å². The number of rotatable bonds is 14. The predicted octanol–water partition coefficient (Wildman–Crippen LogP) is 1.95. The maximum Gasteiger partial charge on any atom is 0.328 e. The molecule has 1 aliphatic carbocycles. The summed E-state index contributed by atoms with van der Waals surface area (Å²) in [6.07, 6.45) is 5.57. The zero-order valence-electron chi connectivity index (χ0n) is 25.5. The van der Waals surface area contributed by atoms with Gasteiger partial charge in [-0.15, -0.1) is 0 Å². The number of Topliss-reactive ketones (excluding diaryl/α,β-unsaturated/α-hetero) is 1. The van der Waals surface area contributed by atoms with Crippen molar-refractivity contribution in [1.29, 1.82) is 0 Å². The van der Waals surface area contributed by atoms with E-state index in [0.29, 0.717) is 32.7 Å². The molecule has 1 aromatic carbocycles. The monoisotopic (exact) mass is 602 g/mol. The summed E-state index contributed by atoms with van der Waals surface area (Å²) in [5.41, 5.74) is 0.850. The second-order valence-corrected chi connectivity index (χ2v) is 11.5. The number of urea groups is 1. The number of esters is 1. The van der Waals surface area contributed by atoms with Crippen LogP contribution in [0, 0.1) is 11.8 Å².